The minimum absolute atomic E-state index is 0.0742. The van der Waals surface area contributed by atoms with Crippen molar-refractivity contribution in [2.75, 3.05) is 13.2 Å². The van der Waals surface area contributed by atoms with Gasteiger partial charge in [-0.2, -0.15) is 0 Å². The molecule has 3 unspecified atom stereocenters. The zero-order valence-corrected chi connectivity index (χ0v) is 28.7. The molecule has 232 valence electrons. The lowest BCUT2D eigenvalue weighted by atomic mass is 9.68. The van der Waals surface area contributed by atoms with Gasteiger partial charge in [-0.25, -0.2) is 0 Å². The summed E-state index contributed by atoms with van der Waals surface area (Å²) in [5.41, 5.74) is 14.4. The van der Waals surface area contributed by atoms with E-state index >= 15 is 0 Å². The molecule has 43 heavy (non-hydrogen) atoms. The summed E-state index contributed by atoms with van der Waals surface area (Å²) >= 11 is 0. The van der Waals surface area contributed by atoms with Gasteiger partial charge >= 0.3 is 0 Å². The van der Waals surface area contributed by atoms with Gasteiger partial charge in [0.2, 0.25) is 0 Å². The van der Waals surface area contributed by atoms with Crippen LogP contribution >= 0.6 is 0 Å². The summed E-state index contributed by atoms with van der Waals surface area (Å²) in [6, 6.07) is 11.1. The van der Waals surface area contributed by atoms with Crippen LogP contribution in [0, 0.1) is 41.5 Å². The molecule has 0 saturated carbocycles. The smallest absolute Gasteiger partial charge is 0.135 e. The van der Waals surface area contributed by atoms with Crippen LogP contribution in [0.4, 0.5) is 0 Å². The summed E-state index contributed by atoms with van der Waals surface area (Å²) < 4.78 is 19.7. The molecule has 0 aromatic heterocycles. The fraction of sp³-hybridized carbons (Fsp3) is 0.550. The van der Waals surface area contributed by atoms with Crippen molar-refractivity contribution in [2.24, 2.45) is 0 Å². The fourth-order valence-electron chi connectivity index (χ4n) is 8.47. The largest absolute Gasteiger partial charge is 0.456 e. The Morgan fingerprint density at radius 2 is 1.26 bits per heavy atom. The van der Waals surface area contributed by atoms with Crippen LogP contribution in [-0.4, -0.2) is 19.3 Å². The minimum atomic E-state index is -0.358. The standard InChI is InChI=1S/C40H54O3/c1-12-20-39(10,11)35-24(4)26(6)37-32(28(35)8)34(30-18-16-15-17-19-30)33-29(9)36(25(5)27(7)38(33)43-37)40(14-3,21-13-2)42-23-31-22-41-31/h15-19,31,34H,12-14,20-23H2,1-11H3. The predicted molar refractivity (Wildman–Crippen MR) is 179 cm³/mol. The van der Waals surface area contributed by atoms with E-state index in [1.54, 1.807) is 0 Å². The first-order chi connectivity index (χ1) is 20.4. The third-order valence-electron chi connectivity index (χ3n) is 10.7. The van der Waals surface area contributed by atoms with Gasteiger partial charge in [0.25, 0.3) is 0 Å². The van der Waals surface area contributed by atoms with Crippen LogP contribution in [-0.2, 0) is 20.5 Å². The summed E-state index contributed by atoms with van der Waals surface area (Å²) in [6.07, 6.45) is 5.51. The lowest BCUT2D eigenvalue weighted by Crippen LogP contribution is -2.34. The van der Waals surface area contributed by atoms with Crippen LogP contribution in [0.1, 0.15) is 134 Å². The molecule has 1 fully saturated rings. The molecule has 2 aliphatic heterocycles. The molecule has 2 aliphatic rings. The summed E-state index contributed by atoms with van der Waals surface area (Å²) in [6.45, 7) is 27.0. The monoisotopic (exact) mass is 582 g/mol. The molecule has 0 spiro atoms. The maximum Gasteiger partial charge on any atom is 0.135 e. The van der Waals surface area contributed by atoms with E-state index in [0.29, 0.717) is 6.61 Å². The molecule has 3 aromatic rings. The van der Waals surface area contributed by atoms with E-state index in [0.717, 1.165) is 50.2 Å². The Morgan fingerprint density at radius 3 is 1.77 bits per heavy atom. The van der Waals surface area contributed by atoms with Crippen LogP contribution in [0.2, 0.25) is 0 Å². The Balaban J connectivity index is 1.85. The second-order valence-electron chi connectivity index (χ2n) is 13.9. The van der Waals surface area contributed by atoms with E-state index in [4.69, 9.17) is 14.2 Å². The quantitative estimate of drug-likeness (QED) is 0.165. The van der Waals surface area contributed by atoms with Crippen LogP contribution in [0.25, 0.3) is 0 Å². The van der Waals surface area contributed by atoms with Crippen LogP contribution < -0.4 is 4.74 Å². The van der Waals surface area contributed by atoms with Crippen LogP contribution in [0.15, 0.2) is 30.3 Å². The first-order valence-corrected chi connectivity index (χ1v) is 16.7. The van der Waals surface area contributed by atoms with E-state index in [2.05, 4.69) is 106 Å². The van der Waals surface area contributed by atoms with Crippen molar-refractivity contribution < 1.29 is 14.2 Å². The lowest BCUT2D eigenvalue weighted by molar-refractivity contribution is -0.0669. The zero-order chi connectivity index (χ0) is 31.3. The Labute approximate surface area is 261 Å². The lowest BCUT2D eigenvalue weighted by Gasteiger charge is -2.42. The average molecular weight is 583 g/mol. The van der Waals surface area contributed by atoms with Gasteiger partial charge < -0.3 is 14.2 Å². The number of rotatable bonds is 11. The Bertz CT molecular complexity index is 1490. The van der Waals surface area contributed by atoms with Gasteiger partial charge in [0, 0.05) is 17.0 Å². The number of fused-ring (bicyclic) bond motifs is 2. The van der Waals surface area contributed by atoms with Crippen molar-refractivity contribution in [1.82, 2.24) is 0 Å². The highest BCUT2D eigenvalue weighted by Gasteiger charge is 2.43. The Kier molecular flexibility index (Phi) is 8.91. The summed E-state index contributed by atoms with van der Waals surface area (Å²) in [5, 5.41) is 0. The Morgan fingerprint density at radius 1 is 0.721 bits per heavy atom. The van der Waals surface area contributed by atoms with Gasteiger partial charge in [-0.1, -0.05) is 77.8 Å². The SMILES string of the molecule is CCCC(C)(C)c1c(C)c(C)c2c(c1C)C(c1ccccc1)c1c(C)c(C(CC)(CCC)OCC3CO3)c(C)c(C)c1O2. The molecule has 3 heteroatoms. The number of epoxide rings is 1. The third-order valence-corrected chi connectivity index (χ3v) is 10.7. The molecular weight excluding hydrogens is 528 g/mol. The molecular formula is C40H54O3. The molecule has 0 N–H and O–H groups in total. The summed E-state index contributed by atoms with van der Waals surface area (Å²) in [5.74, 6) is 2.17. The van der Waals surface area contributed by atoms with Crippen molar-refractivity contribution in [3.8, 4) is 11.5 Å². The van der Waals surface area contributed by atoms with Gasteiger partial charge in [0.05, 0.1) is 18.8 Å². The first kappa shape index (κ1) is 31.8. The summed E-state index contributed by atoms with van der Waals surface area (Å²) in [7, 11) is 0. The first-order valence-electron chi connectivity index (χ1n) is 16.7. The van der Waals surface area contributed by atoms with E-state index in [-0.39, 0.29) is 23.0 Å². The number of hydrogen-bond acceptors (Lipinski definition) is 3. The normalized spacial score (nSPS) is 19.0. The molecule has 3 atom stereocenters. The van der Waals surface area contributed by atoms with E-state index < -0.39 is 0 Å². The van der Waals surface area contributed by atoms with Crippen LogP contribution in [0.5, 0.6) is 11.5 Å². The predicted octanol–water partition coefficient (Wildman–Crippen LogP) is 10.7. The number of ether oxygens (including phenoxy) is 3. The highest BCUT2D eigenvalue weighted by Crippen LogP contribution is 2.57. The summed E-state index contributed by atoms with van der Waals surface area (Å²) in [4.78, 5) is 0. The fourth-order valence-corrected chi connectivity index (χ4v) is 8.47. The molecule has 2 heterocycles. The van der Waals surface area contributed by atoms with Crippen molar-refractivity contribution in [1.29, 1.82) is 0 Å². The maximum absolute atomic E-state index is 7.15. The second kappa shape index (κ2) is 12.1. The third kappa shape index (κ3) is 5.35. The van der Waals surface area contributed by atoms with Crippen molar-refractivity contribution in [3.05, 3.63) is 91.5 Å². The van der Waals surface area contributed by atoms with Crippen LogP contribution in [0.3, 0.4) is 0 Å². The maximum atomic E-state index is 7.15. The molecule has 3 aromatic carbocycles. The molecule has 3 nitrogen and oxygen atoms in total. The van der Waals surface area contributed by atoms with Crippen molar-refractivity contribution >= 4 is 0 Å². The zero-order valence-electron chi connectivity index (χ0n) is 28.7. The number of benzene rings is 3. The van der Waals surface area contributed by atoms with Crippen molar-refractivity contribution in [2.45, 2.75) is 131 Å². The molecule has 1 saturated heterocycles. The highest BCUT2D eigenvalue weighted by molar-refractivity contribution is 5.71. The van der Waals surface area contributed by atoms with E-state index in [1.807, 2.05) is 0 Å². The molecule has 0 aliphatic carbocycles. The van der Waals surface area contributed by atoms with Gasteiger partial charge in [-0.15, -0.1) is 0 Å². The van der Waals surface area contributed by atoms with Gasteiger partial charge in [0.1, 0.15) is 17.6 Å². The highest BCUT2D eigenvalue weighted by atomic mass is 16.6. The Hall–Kier alpha value is -2.62. The van der Waals surface area contributed by atoms with Crippen molar-refractivity contribution in [3.63, 3.8) is 0 Å². The minimum Gasteiger partial charge on any atom is -0.456 e. The van der Waals surface area contributed by atoms with Gasteiger partial charge in [-0.3, -0.25) is 0 Å². The number of hydrogen-bond donors (Lipinski definition) is 0. The average Bonchev–Trinajstić information content (AvgIpc) is 3.81. The topological polar surface area (TPSA) is 31.0 Å². The van der Waals surface area contributed by atoms with E-state index in [1.165, 1.54) is 61.2 Å². The molecule has 0 bridgehead atoms. The second-order valence-corrected chi connectivity index (χ2v) is 13.9. The van der Waals surface area contributed by atoms with Gasteiger partial charge in [-0.05, 0) is 116 Å². The molecule has 5 rings (SSSR count). The van der Waals surface area contributed by atoms with E-state index in [9.17, 15) is 0 Å². The molecule has 0 amide bonds. The van der Waals surface area contributed by atoms with Gasteiger partial charge in [0.15, 0.2) is 0 Å². The molecule has 0 radical (unpaired) electrons.